The Bertz CT molecular complexity index is 664. The number of ether oxygens (including phenoxy) is 1. The van der Waals surface area contributed by atoms with Crippen LogP contribution in [0.25, 0.3) is 10.8 Å². The number of hydrogen-bond acceptors (Lipinski definition) is 3. The van der Waals surface area contributed by atoms with Crippen molar-refractivity contribution in [2.24, 2.45) is 0 Å². The van der Waals surface area contributed by atoms with Gasteiger partial charge >= 0.3 is 5.97 Å². The zero-order valence-electron chi connectivity index (χ0n) is 13.0. The first kappa shape index (κ1) is 16.8. The van der Waals surface area contributed by atoms with Crippen LogP contribution in [0, 0.1) is 0 Å². The second-order valence-electron chi connectivity index (χ2n) is 5.28. The largest absolute Gasteiger partial charge is 0.491 e. The lowest BCUT2D eigenvalue weighted by Crippen LogP contribution is -2.27. The number of amides is 1. The highest BCUT2D eigenvalue weighted by molar-refractivity contribution is 5.88. The number of carbonyl (C=O) groups excluding carboxylic acids is 1. The van der Waals surface area contributed by atoms with Gasteiger partial charge in [0.1, 0.15) is 12.4 Å². The maximum atomic E-state index is 11.6. The molecule has 0 radical (unpaired) electrons. The topological polar surface area (TPSA) is 75.6 Å². The van der Waals surface area contributed by atoms with E-state index in [0.717, 1.165) is 16.5 Å². The summed E-state index contributed by atoms with van der Waals surface area (Å²) in [5.41, 5.74) is 0. The van der Waals surface area contributed by atoms with E-state index < -0.39 is 5.97 Å². The quantitative estimate of drug-likeness (QED) is 0.698. The van der Waals surface area contributed by atoms with Crippen molar-refractivity contribution in [1.29, 1.82) is 0 Å². The van der Waals surface area contributed by atoms with Crippen molar-refractivity contribution < 1.29 is 19.4 Å². The summed E-state index contributed by atoms with van der Waals surface area (Å²) in [6.45, 7) is 0.829. The van der Waals surface area contributed by atoms with Gasteiger partial charge in [-0.25, -0.2) is 0 Å². The van der Waals surface area contributed by atoms with Crippen molar-refractivity contribution >= 4 is 22.6 Å². The molecule has 0 aromatic heterocycles. The third-order valence-corrected chi connectivity index (χ3v) is 3.48. The van der Waals surface area contributed by atoms with Crippen LogP contribution in [0.2, 0.25) is 0 Å². The second-order valence-corrected chi connectivity index (χ2v) is 5.28. The average Bonchev–Trinajstić information content (AvgIpc) is 2.55. The van der Waals surface area contributed by atoms with E-state index in [1.54, 1.807) is 0 Å². The highest BCUT2D eigenvalue weighted by atomic mass is 16.5. The summed E-state index contributed by atoms with van der Waals surface area (Å²) in [6.07, 6.45) is 1.57. The summed E-state index contributed by atoms with van der Waals surface area (Å²) in [6, 6.07) is 13.9. The van der Waals surface area contributed by atoms with Gasteiger partial charge in [0.05, 0.1) is 6.54 Å². The van der Waals surface area contributed by atoms with E-state index in [9.17, 15) is 9.59 Å². The van der Waals surface area contributed by atoms with Gasteiger partial charge in [-0.15, -0.1) is 0 Å². The first-order chi connectivity index (χ1) is 11.2. The van der Waals surface area contributed by atoms with Gasteiger partial charge in [-0.05, 0) is 24.3 Å². The van der Waals surface area contributed by atoms with Crippen molar-refractivity contribution in [2.75, 3.05) is 13.2 Å². The monoisotopic (exact) mass is 315 g/mol. The smallest absolute Gasteiger partial charge is 0.303 e. The van der Waals surface area contributed by atoms with Gasteiger partial charge < -0.3 is 15.2 Å². The summed E-state index contributed by atoms with van der Waals surface area (Å²) < 4.78 is 5.73. The van der Waals surface area contributed by atoms with E-state index in [2.05, 4.69) is 5.32 Å². The van der Waals surface area contributed by atoms with Crippen LogP contribution >= 0.6 is 0 Å². The number of hydrogen-bond donors (Lipinski definition) is 2. The number of carbonyl (C=O) groups is 2. The molecule has 0 aliphatic rings. The van der Waals surface area contributed by atoms with E-state index in [1.165, 1.54) is 0 Å². The molecule has 2 aromatic rings. The van der Waals surface area contributed by atoms with Crippen LogP contribution in [0.4, 0.5) is 0 Å². The highest BCUT2D eigenvalue weighted by Crippen LogP contribution is 2.24. The maximum absolute atomic E-state index is 11.6. The molecular formula is C18H21NO4. The summed E-state index contributed by atoms with van der Waals surface area (Å²) in [4.78, 5) is 22.0. The number of unbranched alkanes of at least 4 members (excludes halogenated alkanes) is 1. The fourth-order valence-corrected chi connectivity index (χ4v) is 2.32. The number of carboxylic acid groups (broad SMARTS) is 1. The first-order valence-corrected chi connectivity index (χ1v) is 7.76. The molecule has 0 atom stereocenters. The van der Waals surface area contributed by atoms with Crippen molar-refractivity contribution in [3.63, 3.8) is 0 Å². The van der Waals surface area contributed by atoms with Gasteiger partial charge in [0, 0.05) is 18.2 Å². The lowest BCUT2D eigenvalue weighted by molar-refractivity contribution is -0.137. The number of rotatable bonds is 9. The van der Waals surface area contributed by atoms with Crippen LogP contribution < -0.4 is 10.1 Å². The van der Waals surface area contributed by atoms with Crippen molar-refractivity contribution in [1.82, 2.24) is 5.32 Å². The van der Waals surface area contributed by atoms with Crippen molar-refractivity contribution in [3.8, 4) is 5.75 Å². The number of nitrogens with one attached hydrogen (secondary N) is 1. The minimum absolute atomic E-state index is 0.0723. The molecule has 0 fully saturated rings. The molecule has 0 spiro atoms. The van der Waals surface area contributed by atoms with Crippen molar-refractivity contribution in [3.05, 3.63) is 42.5 Å². The van der Waals surface area contributed by atoms with Gasteiger partial charge in [-0.3, -0.25) is 9.59 Å². The zero-order chi connectivity index (χ0) is 16.5. The lowest BCUT2D eigenvalue weighted by atomic mass is 10.1. The van der Waals surface area contributed by atoms with E-state index in [-0.39, 0.29) is 12.3 Å². The minimum atomic E-state index is -0.825. The minimum Gasteiger partial charge on any atom is -0.491 e. The predicted octanol–water partition coefficient (Wildman–Crippen LogP) is 2.98. The Morgan fingerprint density at radius 3 is 2.57 bits per heavy atom. The summed E-state index contributed by atoms with van der Waals surface area (Å²) in [7, 11) is 0. The number of aliphatic carboxylic acids is 1. The summed E-state index contributed by atoms with van der Waals surface area (Å²) >= 11 is 0. The molecule has 2 rings (SSSR count). The van der Waals surface area contributed by atoms with Crippen LogP contribution in [0.15, 0.2) is 42.5 Å². The Morgan fingerprint density at radius 2 is 1.74 bits per heavy atom. The molecule has 5 nitrogen and oxygen atoms in total. The normalized spacial score (nSPS) is 10.4. The fourth-order valence-electron chi connectivity index (χ4n) is 2.32. The molecule has 2 N–H and O–H groups in total. The third kappa shape index (κ3) is 5.62. The van der Waals surface area contributed by atoms with E-state index in [4.69, 9.17) is 9.84 Å². The van der Waals surface area contributed by atoms with E-state index in [0.29, 0.717) is 32.4 Å². The Kier molecular flexibility index (Phi) is 6.41. The molecule has 5 heteroatoms. The maximum Gasteiger partial charge on any atom is 0.303 e. The van der Waals surface area contributed by atoms with Crippen molar-refractivity contribution in [2.45, 2.75) is 25.7 Å². The Balaban J connectivity index is 1.68. The Labute approximate surface area is 135 Å². The molecule has 122 valence electrons. The van der Waals surface area contributed by atoms with Crippen LogP contribution in [0.5, 0.6) is 5.75 Å². The second kappa shape index (κ2) is 8.78. The van der Waals surface area contributed by atoms with Crippen LogP contribution in [0.3, 0.4) is 0 Å². The van der Waals surface area contributed by atoms with Gasteiger partial charge in [0.15, 0.2) is 0 Å². The van der Waals surface area contributed by atoms with Gasteiger partial charge in [0.2, 0.25) is 5.91 Å². The van der Waals surface area contributed by atoms with Crippen LogP contribution in [0.1, 0.15) is 25.7 Å². The van der Waals surface area contributed by atoms with E-state index in [1.807, 2.05) is 42.5 Å². The fraction of sp³-hybridized carbons (Fsp3) is 0.333. The number of carboxylic acids is 1. The molecule has 0 bridgehead atoms. The first-order valence-electron chi connectivity index (χ1n) is 7.76. The zero-order valence-corrected chi connectivity index (χ0v) is 13.0. The molecule has 0 heterocycles. The standard InChI is InChI=1S/C18H21NO4/c20-17(10-3-4-11-18(21)22)19-12-13-23-16-9-5-7-14-6-1-2-8-15(14)16/h1-2,5-9H,3-4,10-13H2,(H,19,20)(H,21,22). The van der Waals surface area contributed by atoms with Crippen LogP contribution in [-0.4, -0.2) is 30.1 Å². The molecule has 0 aliphatic carbocycles. The molecular weight excluding hydrogens is 294 g/mol. The summed E-state index contributed by atoms with van der Waals surface area (Å²) in [5, 5.41) is 13.5. The number of benzene rings is 2. The predicted molar refractivity (Wildman–Crippen MR) is 88.6 cm³/mol. The highest BCUT2D eigenvalue weighted by Gasteiger charge is 2.04. The summed E-state index contributed by atoms with van der Waals surface area (Å²) in [5.74, 6) is -0.0930. The van der Waals surface area contributed by atoms with Gasteiger partial charge in [0.25, 0.3) is 0 Å². The average molecular weight is 315 g/mol. The molecule has 0 saturated carbocycles. The number of fused-ring (bicyclic) bond motifs is 1. The molecule has 0 aliphatic heterocycles. The molecule has 0 unspecified atom stereocenters. The van der Waals surface area contributed by atoms with Crippen LogP contribution in [-0.2, 0) is 9.59 Å². The SMILES string of the molecule is O=C(O)CCCCC(=O)NCCOc1cccc2ccccc12. The molecule has 23 heavy (non-hydrogen) atoms. The van der Waals surface area contributed by atoms with Gasteiger partial charge in [-0.1, -0.05) is 36.4 Å². The third-order valence-electron chi connectivity index (χ3n) is 3.48. The Hall–Kier alpha value is -2.56. The van der Waals surface area contributed by atoms with Gasteiger partial charge in [-0.2, -0.15) is 0 Å². The molecule has 2 aromatic carbocycles. The Morgan fingerprint density at radius 1 is 1.00 bits per heavy atom. The van der Waals surface area contributed by atoms with E-state index >= 15 is 0 Å². The molecule has 1 amide bonds. The lowest BCUT2D eigenvalue weighted by Gasteiger charge is -2.10. The molecule has 0 saturated heterocycles.